The van der Waals surface area contributed by atoms with E-state index in [1.807, 2.05) is 0 Å². The molecule has 0 aliphatic carbocycles. The number of fused-ring (bicyclic) bond motifs is 1. The van der Waals surface area contributed by atoms with Crippen molar-refractivity contribution >= 4 is 35.1 Å². The normalized spacial score (nSPS) is 21.7. The number of hydrogen-bond acceptors (Lipinski definition) is 7. The first-order chi connectivity index (χ1) is 16.8. The second-order valence-corrected chi connectivity index (χ2v) is 9.18. The van der Waals surface area contributed by atoms with Crippen LogP contribution in [0.4, 0.5) is 0 Å². The van der Waals surface area contributed by atoms with E-state index in [0.29, 0.717) is 48.1 Å². The van der Waals surface area contributed by atoms with Gasteiger partial charge in [-0.05, 0) is 42.3 Å². The van der Waals surface area contributed by atoms with Gasteiger partial charge in [-0.3, -0.25) is 10.1 Å². The monoisotopic (exact) mass is 518 g/mol. The molecular formula is C24H24Cl2N4O5. The molecule has 2 saturated heterocycles. The van der Waals surface area contributed by atoms with Gasteiger partial charge in [-0.15, -0.1) is 0 Å². The molecular weight excluding hydrogens is 495 g/mol. The first kappa shape index (κ1) is 25.1. The van der Waals surface area contributed by atoms with Crippen LogP contribution in [-0.4, -0.2) is 67.4 Å². The first-order valence-corrected chi connectivity index (χ1v) is 11.8. The van der Waals surface area contributed by atoms with Crippen LogP contribution < -0.4 is 20.1 Å². The first-order valence-electron chi connectivity index (χ1n) is 11.0. The van der Waals surface area contributed by atoms with E-state index in [-0.39, 0.29) is 46.9 Å². The van der Waals surface area contributed by atoms with Crippen LogP contribution in [0.1, 0.15) is 16.8 Å². The molecule has 0 aromatic heterocycles. The second-order valence-electron chi connectivity index (χ2n) is 8.34. The van der Waals surface area contributed by atoms with Crippen molar-refractivity contribution < 1.29 is 24.2 Å². The van der Waals surface area contributed by atoms with E-state index in [1.165, 1.54) is 13.2 Å². The van der Waals surface area contributed by atoms with Gasteiger partial charge >= 0.3 is 5.97 Å². The Labute approximate surface area is 212 Å². The fourth-order valence-electron chi connectivity index (χ4n) is 4.46. The zero-order valence-electron chi connectivity index (χ0n) is 18.9. The van der Waals surface area contributed by atoms with E-state index >= 15 is 0 Å². The van der Waals surface area contributed by atoms with Crippen LogP contribution >= 0.6 is 23.2 Å². The lowest BCUT2D eigenvalue weighted by atomic mass is 9.86. The summed E-state index contributed by atoms with van der Waals surface area (Å²) in [4.78, 5) is 26.4. The lowest BCUT2D eigenvalue weighted by Crippen LogP contribution is -2.64. The molecule has 3 N–H and O–H groups in total. The summed E-state index contributed by atoms with van der Waals surface area (Å²) in [5, 5.41) is 25.8. The van der Waals surface area contributed by atoms with E-state index in [0.717, 1.165) is 0 Å². The van der Waals surface area contributed by atoms with Crippen LogP contribution in [0.5, 0.6) is 11.5 Å². The number of carboxylic acids is 1. The van der Waals surface area contributed by atoms with Gasteiger partial charge in [0.2, 0.25) is 5.91 Å². The van der Waals surface area contributed by atoms with Gasteiger partial charge in [-0.25, -0.2) is 4.79 Å². The molecule has 184 valence electrons. The summed E-state index contributed by atoms with van der Waals surface area (Å²) >= 11 is 12.5. The van der Waals surface area contributed by atoms with Crippen LogP contribution in [0.3, 0.4) is 0 Å². The number of rotatable bonds is 7. The Kier molecular flexibility index (Phi) is 7.67. The molecule has 2 aliphatic heterocycles. The predicted molar refractivity (Wildman–Crippen MR) is 130 cm³/mol. The molecule has 2 aromatic rings. The number of amides is 1. The average molecular weight is 519 g/mol. The summed E-state index contributed by atoms with van der Waals surface area (Å²) in [6, 6.07) is 9.92. The Morgan fingerprint density at radius 1 is 1.29 bits per heavy atom. The highest BCUT2D eigenvalue weighted by atomic mass is 35.5. The van der Waals surface area contributed by atoms with Crippen LogP contribution in [0.15, 0.2) is 30.3 Å². The third kappa shape index (κ3) is 5.31. The minimum absolute atomic E-state index is 0.00321. The number of nitrogens with zero attached hydrogens (tertiary/aromatic N) is 2. The highest BCUT2D eigenvalue weighted by Gasteiger charge is 2.40. The molecule has 2 fully saturated rings. The van der Waals surface area contributed by atoms with Crippen molar-refractivity contribution in [1.29, 1.82) is 5.26 Å². The molecule has 0 bridgehead atoms. The quantitative estimate of drug-likeness (QED) is 0.510. The van der Waals surface area contributed by atoms with Gasteiger partial charge in [0, 0.05) is 23.2 Å². The average Bonchev–Trinajstić information content (AvgIpc) is 2.85. The number of aromatic carboxylic acids is 1. The number of piperidine rings is 1. The number of ether oxygens (including phenoxy) is 2. The maximum atomic E-state index is 13.0. The summed E-state index contributed by atoms with van der Waals surface area (Å²) in [7, 11) is 1.35. The molecule has 0 saturated carbocycles. The molecule has 9 nitrogen and oxygen atoms in total. The highest BCUT2D eigenvalue weighted by Crippen LogP contribution is 2.39. The lowest BCUT2D eigenvalue weighted by molar-refractivity contribution is -0.142. The Bertz CT molecular complexity index is 1190. The summed E-state index contributed by atoms with van der Waals surface area (Å²) in [5.74, 6) is -0.895. The van der Waals surface area contributed by atoms with Crippen LogP contribution in [-0.2, 0) is 4.79 Å². The molecule has 3 atom stereocenters. The SMILES string of the molecule is COc1c(Cl)cc(-c2cc(Cl)ccc2OCCN2CNC3CNC(C#N)CC3C2=O)cc1C(=O)O. The number of nitriles is 1. The topological polar surface area (TPSA) is 124 Å². The van der Waals surface area contributed by atoms with Crippen molar-refractivity contribution in [3.8, 4) is 28.7 Å². The maximum absolute atomic E-state index is 13.0. The smallest absolute Gasteiger partial charge is 0.339 e. The Hall–Kier alpha value is -3.03. The number of nitrogens with one attached hydrogen (secondary N) is 2. The van der Waals surface area contributed by atoms with Crippen molar-refractivity contribution in [1.82, 2.24) is 15.5 Å². The van der Waals surface area contributed by atoms with E-state index in [4.69, 9.17) is 32.7 Å². The fraction of sp³-hybridized carbons (Fsp3) is 0.375. The molecule has 3 unspecified atom stereocenters. The predicted octanol–water partition coefficient (Wildman–Crippen LogP) is 3.01. The molecule has 2 aliphatic rings. The van der Waals surface area contributed by atoms with E-state index in [1.54, 1.807) is 29.2 Å². The summed E-state index contributed by atoms with van der Waals surface area (Å²) in [5.41, 5.74) is 0.975. The molecule has 2 heterocycles. The number of hydrogen-bond donors (Lipinski definition) is 3. The Morgan fingerprint density at radius 2 is 2.09 bits per heavy atom. The van der Waals surface area contributed by atoms with E-state index < -0.39 is 5.97 Å². The molecule has 35 heavy (non-hydrogen) atoms. The summed E-state index contributed by atoms with van der Waals surface area (Å²) < 4.78 is 11.1. The minimum atomic E-state index is -1.18. The Balaban J connectivity index is 1.50. The fourth-order valence-corrected chi connectivity index (χ4v) is 4.93. The number of carbonyl (C=O) groups is 2. The zero-order chi connectivity index (χ0) is 25.1. The third-order valence-corrected chi connectivity index (χ3v) is 6.75. The van der Waals surface area contributed by atoms with E-state index in [9.17, 15) is 20.0 Å². The number of carboxylic acid groups (broad SMARTS) is 1. The summed E-state index contributed by atoms with van der Waals surface area (Å²) in [6.45, 7) is 1.52. The molecule has 0 radical (unpaired) electrons. The van der Waals surface area contributed by atoms with Gasteiger partial charge in [-0.2, -0.15) is 5.26 Å². The third-order valence-electron chi connectivity index (χ3n) is 6.24. The van der Waals surface area contributed by atoms with Gasteiger partial charge in [0.05, 0.1) is 43.4 Å². The number of halogens is 2. The Morgan fingerprint density at radius 3 is 2.80 bits per heavy atom. The largest absolute Gasteiger partial charge is 0.494 e. The van der Waals surface area contributed by atoms with E-state index in [2.05, 4.69) is 16.7 Å². The minimum Gasteiger partial charge on any atom is -0.494 e. The van der Waals surface area contributed by atoms with Crippen LogP contribution in [0.2, 0.25) is 10.0 Å². The van der Waals surface area contributed by atoms with Crippen molar-refractivity contribution in [2.24, 2.45) is 5.92 Å². The van der Waals surface area contributed by atoms with Gasteiger partial charge < -0.3 is 24.8 Å². The highest BCUT2D eigenvalue weighted by molar-refractivity contribution is 6.33. The van der Waals surface area contributed by atoms with Crippen molar-refractivity contribution in [2.45, 2.75) is 18.5 Å². The van der Waals surface area contributed by atoms with Crippen LogP contribution in [0.25, 0.3) is 11.1 Å². The number of carbonyl (C=O) groups excluding carboxylic acids is 1. The van der Waals surface area contributed by atoms with Crippen molar-refractivity contribution in [3.63, 3.8) is 0 Å². The number of methoxy groups -OCH3 is 1. The zero-order valence-corrected chi connectivity index (χ0v) is 20.4. The van der Waals surface area contributed by atoms with Crippen molar-refractivity contribution in [2.75, 3.05) is 33.5 Å². The van der Waals surface area contributed by atoms with Crippen LogP contribution in [0, 0.1) is 17.2 Å². The van der Waals surface area contributed by atoms with Gasteiger partial charge in [0.15, 0.2) is 5.75 Å². The molecule has 11 heteroatoms. The number of benzene rings is 2. The van der Waals surface area contributed by atoms with Gasteiger partial charge in [-0.1, -0.05) is 23.2 Å². The van der Waals surface area contributed by atoms with Gasteiger partial charge in [0.1, 0.15) is 17.9 Å². The lowest BCUT2D eigenvalue weighted by Gasteiger charge is -2.42. The van der Waals surface area contributed by atoms with Crippen molar-refractivity contribution in [3.05, 3.63) is 45.9 Å². The summed E-state index contributed by atoms with van der Waals surface area (Å²) in [6.07, 6.45) is 0.468. The molecule has 2 aromatic carbocycles. The maximum Gasteiger partial charge on any atom is 0.339 e. The molecule has 0 spiro atoms. The second kappa shape index (κ2) is 10.7. The molecule has 4 rings (SSSR count). The standard InChI is InChI=1S/C24H24Cl2N4O5/c1-34-22-18(24(32)33)6-13(7-19(22)26)16-8-14(25)2-3-21(16)35-5-4-30-12-29-20-11-28-15(10-27)9-17(20)23(30)31/h2-3,6-8,15,17,20,28-29H,4-5,9,11-12H2,1H3,(H,32,33). The van der Waals surface area contributed by atoms with Gasteiger partial charge in [0.25, 0.3) is 0 Å². The molecule has 1 amide bonds.